The van der Waals surface area contributed by atoms with Crippen molar-refractivity contribution in [2.75, 3.05) is 5.32 Å². The van der Waals surface area contributed by atoms with Gasteiger partial charge in [-0.05, 0) is 36.4 Å². The van der Waals surface area contributed by atoms with Crippen LogP contribution in [0.5, 0.6) is 0 Å². The quantitative estimate of drug-likeness (QED) is 0.474. The number of primary sulfonamides is 1. The van der Waals surface area contributed by atoms with Crippen molar-refractivity contribution in [2.45, 2.75) is 4.90 Å². The number of benzene rings is 1. The molecule has 0 aliphatic rings. The molecule has 0 aliphatic carbocycles. The smallest absolute Gasteiger partial charge is 0.284 e. The molecule has 4 N–H and O–H groups in total. The minimum atomic E-state index is -3.71. The molecule has 0 saturated heterocycles. The molecule has 4 aromatic rings. The van der Waals surface area contributed by atoms with Crippen molar-refractivity contribution in [3.05, 3.63) is 67.1 Å². The fourth-order valence-corrected chi connectivity index (χ4v) is 3.11. The number of hydrogen-bond donors (Lipinski definition) is 3. The Morgan fingerprint density at radius 1 is 1.08 bits per heavy atom. The molecule has 0 bridgehead atoms. The Hall–Kier alpha value is -3.30. The van der Waals surface area contributed by atoms with E-state index in [0.29, 0.717) is 11.6 Å². The van der Waals surface area contributed by atoms with E-state index in [9.17, 15) is 8.42 Å². The van der Waals surface area contributed by atoms with Gasteiger partial charge in [0.2, 0.25) is 16.0 Å². The molecule has 4 rings (SSSR count). The summed E-state index contributed by atoms with van der Waals surface area (Å²) in [4.78, 5) is 12.0. The Morgan fingerprint density at radius 2 is 1.88 bits per heavy atom. The number of imidazole rings is 1. The van der Waals surface area contributed by atoms with Gasteiger partial charge in [0.25, 0.3) is 5.65 Å². The van der Waals surface area contributed by atoms with Gasteiger partial charge in [-0.3, -0.25) is 0 Å². The van der Waals surface area contributed by atoms with Gasteiger partial charge in [0, 0.05) is 18.0 Å². The number of aromatic amines is 1. The van der Waals surface area contributed by atoms with Crippen molar-refractivity contribution in [1.29, 1.82) is 0 Å². The molecule has 0 fully saturated rings. The Morgan fingerprint density at radius 3 is 2.65 bits per heavy atom. The molecular formula is C17H15N6O2S+. The molecule has 1 aromatic carbocycles. The van der Waals surface area contributed by atoms with Gasteiger partial charge in [-0.25, -0.2) is 28.5 Å². The van der Waals surface area contributed by atoms with Gasteiger partial charge < -0.3 is 5.32 Å². The zero-order valence-corrected chi connectivity index (χ0v) is 14.3. The van der Waals surface area contributed by atoms with Gasteiger partial charge in [0.1, 0.15) is 11.9 Å². The molecule has 0 atom stereocenters. The van der Waals surface area contributed by atoms with Crippen LogP contribution in [-0.2, 0) is 10.0 Å². The number of sulfonamides is 1. The van der Waals surface area contributed by atoms with Gasteiger partial charge >= 0.3 is 0 Å². The lowest BCUT2D eigenvalue weighted by Crippen LogP contribution is -2.21. The van der Waals surface area contributed by atoms with Crippen LogP contribution >= 0.6 is 0 Å². The third-order valence-corrected chi connectivity index (χ3v) is 4.76. The Kier molecular flexibility index (Phi) is 3.86. The van der Waals surface area contributed by atoms with Crippen molar-refractivity contribution < 1.29 is 12.8 Å². The first kappa shape index (κ1) is 16.2. The van der Waals surface area contributed by atoms with E-state index in [-0.39, 0.29) is 4.90 Å². The van der Waals surface area contributed by atoms with E-state index in [0.717, 1.165) is 17.0 Å². The molecule has 9 heteroatoms. The first-order valence-electron chi connectivity index (χ1n) is 7.72. The molecule has 0 spiro atoms. The summed E-state index contributed by atoms with van der Waals surface area (Å²) in [6, 6.07) is 13.8. The van der Waals surface area contributed by atoms with Gasteiger partial charge in [0.05, 0.1) is 11.1 Å². The highest BCUT2D eigenvalue weighted by molar-refractivity contribution is 7.89. The number of nitrogens with two attached hydrogens (primary N) is 1. The number of rotatable bonds is 4. The van der Waals surface area contributed by atoms with Crippen molar-refractivity contribution in [3.63, 3.8) is 0 Å². The number of H-pyrrole nitrogens is 1. The summed E-state index contributed by atoms with van der Waals surface area (Å²) in [5.41, 5.74) is 3.25. The average Bonchev–Trinajstić information content (AvgIpc) is 3.06. The summed E-state index contributed by atoms with van der Waals surface area (Å²) in [5, 5.41) is 8.16. The van der Waals surface area contributed by atoms with Crippen molar-refractivity contribution >= 4 is 27.3 Å². The summed E-state index contributed by atoms with van der Waals surface area (Å²) < 4.78 is 24.6. The summed E-state index contributed by atoms with van der Waals surface area (Å²) >= 11 is 0. The van der Waals surface area contributed by atoms with Crippen LogP contribution < -0.4 is 14.9 Å². The monoisotopic (exact) mass is 367 g/mol. The number of nitrogens with one attached hydrogen (secondary N) is 2. The Balaban J connectivity index is 1.64. The third kappa shape index (κ3) is 3.13. The predicted octanol–water partition coefficient (Wildman–Crippen LogP) is 1.60. The van der Waals surface area contributed by atoms with Crippen LogP contribution in [0.15, 0.2) is 72.0 Å². The van der Waals surface area contributed by atoms with Crippen LogP contribution in [0.25, 0.3) is 17.0 Å². The number of anilines is 2. The molecule has 0 aliphatic heterocycles. The summed E-state index contributed by atoms with van der Waals surface area (Å²) in [5.74, 6) is 0.400. The number of pyridine rings is 1. The molecule has 8 nitrogen and oxygen atoms in total. The first-order chi connectivity index (χ1) is 12.5. The van der Waals surface area contributed by atoms with Crippen molar-refractivity contribution in [2.24, 2.45) is 5.14 Å². The normalized spacial score (nSPS) is 11.6. The van der Waals surface area contributed by atoms with Crippen LogP contribution in [0, 0.1) is 0 Å². The zero-order valence-electron chi connectivity index (χ0n) is 13.5. The molecular weight excluding hydrogens is 352 g/mol. The highest BCUT2D eigenvalue weighted by atomic mass is 32.2. The fraction of sp³-hybridized carbons (Fsp3) is 0. The number of fused-ring (bicyclic) bond motifs is 1. The summed E-state index contributed by atoms with van der Waals surface area (Å²) in [7, 11) is -3.71. The molecule has 0 amide bonds. The lowest BCUT2D eigenvalue weighted by atomic mass is 10.3. The molecule has 0 radical (unpaired) electrons. The largest absolute Gasteiger partial charge is 0.324 e. The number of nitrogens with zero attached hydrogens (tertiary/aromatic N) is 3. The van der Waals surface area contributed by atoms with Crippen LogP contribution in [0.4, 0.5) is 11.6 Å². The molecule has 26 heavy (non-hydrogen) atoms. The average molecular weight is 367 g/mol. The second kappa shape index (κ2) is 6.21. The lowest BCUT2D eigenvalue weighted by molar-refractivity contribution is -0.498. The molecule has 130 valence electrons. The van der Waals surface area contributed by atoms with E-state index in [4.69, 9.17) is 5.14 Å². The minimum Gasteiger partial charge on any atom is -0.324 e. The highest BCUT2D eigenvalue weighted by Gasteiger charge is 2.14. The van der Waals surface area contributed by atoms with Crippen LogP contribution in [-0.4, -0.2) is 23.4 Å². The van der Waals surface area contributed by atoms with Crippen molar-refractivity contribution in [3.8, 4) is 11.4 Å². The maximum Gasteiger partial charge on any atom is 0.284 e. The minimum absolute atomic E-state index is 0.0490. The van der Waals surface area contributed by atoms with Gasteiger partial charge in [-0.2, -0.15) is 4.40 Å². The van der Waals surface area contributed by atoms with Crippen LogP contribution in [0.3, 0.4) is 0 Å². The van der Waals surface area contributed by atoms with E-state index < -0.39 is 10.0 Å². The fourth-order valence-electron chi connectivity index (χ4n) is 2.60. The second-order valence-corrected chi connectivity index (χ2v) is 7.15. The van der Waals surface area contributed by atoms with E-state index in [1.165, 1.54) is 12.1 Å². The maximum atomic E-state index is 11.3. The highest BCUT2D eigenvalue weighted by Crippen LogP contribution is 2.18. The van der Waals surface area contributed by atoms with Gasteiger partial charge in [-0.15, -0.1) is 0 Å². The van der Waals surface area contributed by atoms with Gasteiger partial charge in [0.15, 0.2) is 5.69 Å². The second-order valence-electron chi connectivity index (χ2n) is 5.59. The van der Waals surface area contributed by atoms with Crippen molar-refractivity contribution in [1.82, 2.24) is 15.0 Å². The van der Waals surface area contributed by atoms with Crippen LogP contribution in [0.2, 0.25) is 0 Å². The summed E-state index contributed by atoms with van der Waals surface area (Å²) in [6.07, 6.45) is 5.48. The molecule has 3 aromatic heterocycles. The lowest BCUT2D eigenvalue weighted by Gasteiger charge is -2.06. The zero-order chi connectivity index (χ0) is 18.1. The number of hydrogen-bond acceptors (Lipinski definition) is 5. The Bertz CT molecular complexity index is 1190. The molecule has 3 heterocycles. The maximum absolute atomic E-state index is 11.3. The topological polar surface area (TPSA) is 118 Å². The van der Waals surface area contributed by atoms with E-state index >= 15 is 0 Å². The van der Waals surface area contributed by atoms with E-state index in [2.05, 4.69) is 20.3 Å². The molecule has 0 saturated carbocycles. The van der Waals surface area contributed by atoms with E-state index in [1.54, 1.807) is 18.3 Å². The standard InChI is InChI=1S/C17H14N6O2S/c18-26(24,25)13-6-4-12(5-7-13)21-17-19-9-8-14(22-17)15-11-20-16-3-1-2-10-23(15)16/h1-11H,(H3,18,19,21,22,24,25)/p+1. The number of aromatic nitrogens is 4. The predicted molar refractivity (Wildman–Crippen MR) is 96.1 cm³/mol. The SMILES string of the molecule is NS(=O)(=O)c1ccc(Nc2nccc(-c3c[nH]c4cccc[n+]34)n2)cc1. The Labute approximate surface area is 149 Å². The molecule has 0 unspecified atom stereocenters. The van der Waals surface area contributed by atoms with E-state index in [1.807, 2.05) is 41.1 Å². The first-order valence-corrected chi connectivity index (χ1v) is 9.26. The summed E-state index contributed by atoms with van der Waals surface area (Å²) in [6.45, 7) is 0. The van der Waals surface area contributed by atoms with Gasteiger partial charge in [-0.1, -0.05) is 6.07 Å². The van der Waals surface area contributed by atoms with Crippen LogP contribution in [0.1, 0.15) is 0 Å². The third-order valence-electron chi connectivity index (χ3n) is 3.83.